The first-order valence-corrected chi connectivity index (χ1v) is 6.41. The molecule has 2 rings (SSSR count). The fourth-order valence-corrected chi connectivity index (χ4v) is 2.45. The third-order valence-corrected chi connectivity index (χ3v) is 3.41. The number of rotatable bonds is 3. The van der Waals surface area contributed by atoms with Gasteiger partial charge in [0.15, 0.2) is 0 Å². The number of pyridine rings is 1. The van der Waals surface area contributed by atoms with E-state index in [0.29, 0.717) is 24.7 Å². The van der Waals surface area contributed by atoms with Crippen molar-refractivity contribution in [3.63, 3.8) is 0 Å². The number of anilines is 1. The van der Waals surface area contributed by atoms with Crippen molar-refractivity contribution in [2.24, 2.45) is 5.92 Å². The van der Waals surface area contributed by atoms with Crippen molar-refractivity contribution < 1.29 is 18.3 Å². The maximum atomic E-state index is 12.6. The summed E-state index contributed by atoms with van der Waals surface area (Å²) in [5, 5.41) is 8.94. The summed E-state index contributed by atoms with van der Waals surface area (Å²) >= 11 is 0. The van der Waals surface area contributed by atoms with Crippen LogP contribution in [-0.4, -0.2) is 29.8 Å². The Hall–Kier alpha value is -1.30. The van der Waals surface area contributed by atoms with Gasteiger partial charge in [-0.2, -0.15) is 13.2 Å². The predicted octanol–water partition coefficient (Wildman–Crippen LogP) is 2.70. The molecule has 0 saturated carbocycles. The van der Waals surface area contributed by atoms with E-state index in [9.17, 15) is 13.2 Å². The minimum absolute atomic E-state index is 0.120. The molecule has 0 radical (unpaired) electrons. The van der Waals surface area contributed by atoms with Gasteiger partial charge in [-0.05, 0) is 37.3 Å². The van der Waals surface area contributed by atoms with Crippen LogP contribution in [0.4, 0.5) is 19.0 Å². The predicted molar refractivity (Wildman–Crippen MR) is 65.9 cm³/mol. The highest BCUT2D eigenvalue weighted by molar-refractivity contribution is 5.40. The second-order valence-corrected chi connectivity index (χ2v) is 4.85. The van der Waals surface area contributed by atoms with E-state index in [1.54, 1.807) is 6.07 Å². The number of hydrogen-bond donors (Lipinski definition) is 1. The Labute approximate surface area is 110 Å². The monoisotopic (exact) mass is 274 g/mol. The van der Waals surface area contributed by atoms with Gasteiger partial charge >= 0.3 is 6.18 Å². The first kappa shape index (κ1) is 14.1. The maximum absolute atomic E-state index is 12.6. The summed E-state index contributed by atoms with van der Waals surface area (Å²) in [6.45, 7) is 1.50. The molecular weight excluding hydrogens is 257 g/mol. The lowest BCUT2D eigenvalue weighted by molar-refractivity contribution is -0.141. The molecule has 0 spiro atoms. The lowest BCUT2D eigenvalue weighted by Gasteiger charge is -2.33. The Balaban J connectivity index is 2.13. The smallest absolute Gasteiger partial charge is 0.396 e. The van der Waals surface area contributed by atoms with Crippen molar-refractivity contribution in [1.29, 1.82) is 0 Å². The first-order valence-electron chi connectivity index (χ1n) is 6.41. The van der Waals surface area contributed by atoms with Crippen LogP contribution in [0.1, 0.15) is 25.0 Å². The summed E-state index contributed by atoms with van der Waals surface area (Å²) in [7, 11) is 0. The van der Waals surface area contributed by atoms with Crippen LogP contribution >= 0.6 is 0 Å². The van der Waals surface area contributed by atoms with Crippen LogP contribution in [-0.2, 0) is 6.18 Å². The molecule has 106 valence electrons. The maximum Gasteiger partial charge on any atom is 0.433 e. The molecule has 19 heavy (non-hydrogen) atoms. The first-order chi connectivity index (χ1) is 9.00. The van der Waals surface area contributed by atoms with Crippen LogP contribution in [0.25, 0.3) is 0 Å². The SMILES string of the molecule is OCCC1CCCN(c2cccc(C(F)(F)F)n2)C1. The van der Waals surface area contributed by atoms with Gasteiger partial charge in [0.05, 0.1) is 0 Å². The molecule has 1 saturated heterocycles. The molecule has 0 amide bonds. The molecular formula is C13H17F3N2O. The Morgan fingerprint density at radius 2 is 2.16 bits per heavy atom. The molecule has 1 aromatic heterocycles. The topological polar surface area (TPSA) is 36.4 Å². The summed E-state index contributed by atoms with van der Waals surface area (Å²) in [5.41, 5.74) is -0.853. The minimum Gasteiger partial charge on any atom is -0.396 e. The van der Waals surface area contributed by atoms with Gasteiger partial charge in [-0.1, -0.05) is 6.07 Å². The summed E-state index contributed by atoms with van der Waals surface area (Å²) in [6.07, 6.45) is -1.79. The number of aliphatic hydroxyl groups is 1. The van der Waals surface area contributed by atoms with Crippen LogP contribution in [0.3, 0.4) is 0 Å². The van der Waals surface area contributed by atoms with Gasteiger partial charge in [0.2, 0.25) is 0 Å². The Kier molecular flexibility index (Phi) is 4.29. The van der Waals surface area contributed by atoms with Gasteiger partial charge in [-0.15, -0.1) is 0 Å². The number of nitrogens with zero attached hydrogens (tertiary/aromatic N) is 2. The second-order valence-electron chi connectivity index (χ2n) is 4.85. The zero-order valence-electron chi connectivity index (χ0n) is 10.5. The average molecular weight is 274 g/mol. The molecule has 1 unspecified atom stereocenters. The van der Waals surface area contributed by atoms with E-state index in [1.165, 1.54) is 6.07 Å². The van der Waals surface area contributed by atoms with Gasteiger partial charge in [0, 0.05) is 19.7 Å². The van der Waals surface area contributed by atoms with Crippen LogP contribution in [0.15, 0.2) is 18.2 Å². The van der Waals surface area contributed by atoms with E-state index in [2.05, 4.69) is 4.98 Å². The number of hydrogen-bond acceptors (Lipinski definition) is 3. The van der Waals surface area contributed by atoms with Gasteiger partial charge < -0.3 is 10.0 Å². The molecule has 3 nitrogen and oxygen atoms in total. The molecule has 0 bridgehead atoms. The highest BCUT2D eigenvalue weighted by Crippen LogP contribution is 2.30. The summed E-state index contributed by atoms with van der Waals surface area (Å²) < 4.78 is 37.9. The molecule has 1 aromatic rings. The van der Waals surface area contributed by atoms with Gasteiger partial charge in [0.25, 0.3) is 0 Å². The third kappa shape index (κ3) is 3.59. The molecule has 6 heteroatoms. The van der Waals surface area contributed by atoms with Crippen molar-refractivity contribution in [2.45, 2.75) is 25.4 Å². The van der Waals surface area contributed by atoms with Crippen molar-refractivity contribution in [3.05, 3.63) is 23.9 Å². The van der Waals surface area contributed by atoms with Gasteiger partial charge in [0.1, 0.15) is 11.5 Å². The van der Waals surface area contributed by atoms with Crippen molar-refractivity contribution in [1.82, 2.24) is 4.98 Å². The summed E-state index contributed by atoms with van der Waals surface area (Å²) in [4.78, 5) is 5.57. The van der Waals surface area contributed by atoms with Crippen LogP contribution in [0.5, 0.6) is 0 Å². The van der Waals surface area contributed by atoms with Crippen molar-refractivity contribution >= 4 is 5.82 Å². The number of piperidine rings is 1. The fourth-order valence-electron chi connectivity index (χ4n) is 2.45. The van der Waals surface area contributed by atoms with Gasteiger partial charge in [-0.3, -0.25) is 0 Å². The Morgan fingerprint density at radius 1 is 1.37 bits per heavy atom. The van der Waals surface area contributed by atoms with Crippen LogP contribution < -0.4 is 4.90 Å². The van der Waals surface area contributed by atoms with Crippen LogP contribution in [0.2, 0.25) is 0 Å². The van der Waals surface area contributed by atoms with E-state index in [1.807, 2.05) is 4.90 Å². The van der Waals surface area contributed by atoms with E-state index < -0.39 is 11.9 Å². The Bertz CT molecular complexity index is 421. The minimum atomic E-state index is -4.41. The lowest BCUT2D eigenvalue weighted by atomic mass is 9.95. The number of aromatic nitrogens is 1. The highest BCUT2D eigenvalue weighted by atomic mass is 19.4. The van der Waals surface area contributed by atoms with Crippen molar-refractivity contribution in [3.8, 4) is 0 Å². The normalized spacial score (nSPS) is 20.6. The molecule has 1 atom stereocenters. The zero-order chi connectivity index (χ0) is 13.9. The lowest BCUT2D eigenvalue weighted by Crippen LogP contribution is -2.36. The van der Waals surface area contributed by atoms with Crippen LogP contribution in [0, 0.1) is 5.92 Å². The molecule has 1 aliphatic heterocycles. The largest absolute Gasteiger partial charge is 0.433 e. The summed E-state index contributed by atoms with van der Waals surface area (Å²) in [5.74, 6) is 0.701. The number of aliphatic hydroxyl groups excluding tert-OH is 1. The molecule has 1 N–H and O–H groups in total. The summed E-state index contributed by atoms with van der Waals surface area (Å²) in [6, 6.07) is 3.98. The fraction of sp³-hybridized carbons (Fsp3) is 0.615. The third-order valence-electron chi connectivity index (χ3n) is 3.41. The quantitative estimate of drug-likeness (QED) is 0.920. The highest BCUT2D eigenvalue weighted by Gasteiger charge is 2.33. The Morgan fingerprint density at radius 3 is 2.84 bits per heavy atom. The number of halogens is 3. The standard InChI is InChI=1S/C13H17F3N2O/c14-13(15,16)11-4-1-5-12(17-11)18-7-2-3-10(9-18)6-8-19/h1,4-5,10,19H,2-3,6-9H2. The van der Waals surface area contributed by atoms with Gasteiger partial charge in [-0.25, -0.2) is 4.98 Å². The average Bonchev–Trinajstić information content (AvgIpc) is 2.39. The van der Waals surface area contributed by atoms with Crippen molar-refractivity contribution in [2.75, 3.05) is 24.6 Å². The van der Waals surface area contributed by atoms with E-state index >= 15 is 0 Å². The van der Waals surface area contributed by atoms with E-state index in [0.717, 1.165) is 25.5 Å². The molecule has 2 heterocycles. The molecule has 1 fully saturated rings. The molecule has 1 aliphatic rings. The molecule has 0 aromatic carbocycles. The molecule has 0 aliphatic carbocycles. The number of alkyl halides is 3. The second kappa shape index (κ2) is 5.77. The van der Waals surface area contributed by atoms with E-state index in [-0.39, 0.29) is 6.61 Å². The van der Waals surface area contributed by atoms with E-state index in [4.69, 9.17) is 5.11 Å². The zero-order valence-corrected chi connectivity index (χ0v) is 10.5.